The number of hydrogen-bond donors (Lipinski definition) is 2. The van der Waals surface area contributed by atoms with E-state index in [-0.39, 0.29) is 24.0 Å². The quantitative estimate of drug-likeness (QED) is 0.271. The van der Waals surface area contributed by atoms with Crippen molar-refractivity contribution in [3.05, 3.63) is 65.7 Å². The molecule has 0 atom stereocenters. The number of nitrogens with zero attached hydrogens (tertiary/aromatic N) is 2. The number of hydrogen-bond acceptors (Lipinski definition) is 3. The monoisotopic (exact) mass is 468 g/mol. The molecule has 2 N–H and O–H groups in total. The Hall–Kier alpha value is -1.80. The molecule has 142 valence electrons. The van der Waals surface area contributed by atoms with Crippen molar-refractivity contribution in [1.82, 2.24) is 15.5 Å². The van der Waals surface area contributed by atoms with Crippen LogP contribution in [0.1, 0.15) is 11.1 Å². The largest absolute Gasteiger partial charge is 0.492 e. The summed E-state index contributed by atoms with van der Waals surface area (Å²) in [5.74, 6) is 1.65. The van der Waals surface area contributed by atoms with Gasteiger partial charge in [0.25, 0.3) is 0 Å². The first-order valence-electron chi connectivity index (χ1n) is 8.53. The lowest BCUT2D eigenvalue weighted by molar-refractivity contribution is 0.322. The molecule has 0 aliphatic rings. The summed E-state index contributed by atoms with van der Waals surface area (Å²) in [6, 6.07) is 18.3. The molecule has 0 heterocycles. The van der Waals surface area contributed by atoms with Crippen LogP contribution in [-0.4, -0.2) is 45.2 Å². The molecular formula is C20H29IN4O. The number of guanidine groups is 1. The highest BCUT2D eigenvalue weighted by Gasteiger charge is 2.04. The summed E-state index contributed by atoms with van der Waals surface area (Å²) in [4.78, 5) is 6.44. The maximum atomic E-state index is 5.68. The first kappa shape index (κ1) is 22.2. The summed E-state index contributed by atoms with van der Waals surface area (Å²) in [5, 5.41) is 6.64. The highest BCUT2D eigenvalue weighted by Crippen LogP contribution is 2.10. The normalized spacial score (nSPS) is 11.0. The topological polar surface area (TPSA) is 48.9 Å². The molecule has 0 saturated heterocycles. The molecule has 2 rings (SSSR count). The third-order valence-electron chi connectivity index (χ3n) is 3.68. The summed E-state index contributed by atoms with van der Waals surface area (Å²) in [6.45, 7) is 2.94. The summed E-state index contributed by atoms with van der Waals surface area (Å²) in [7, 11) is 5.94. The van der Waals surface area contributed by atoms with Gasteiger partial charge in [0.15, 0.2) is 5.96 Å². The lowest BCUT2D eigenvalue weighted by atomic mass is 10.1. The molecular weight excluding hydrogens is 439 g/mol. The van der Waals surface area contributed by atoms with Gasteiger partial charge in [-0.3, -0.25) is 4.99 Å². The summed E-state index contributed by atoms with van der Waals surface area (Å²) >= 11 is 0. The minimum absolute atomic E-state index is 0. The van der Waals surface area contributed by atoms with E-state index in [0.717, 1.165) is 24.8 Å². The van der Waals surface area contributed by atoms with Gasteiger partial charge in [0.1, 0.15) is 12.4 Å². The van der Waals surface area contributed by atoms with Crippen molar-refractivity contribution in [3.63, 3.8) is 0 Å². The molecule has 0 aromatic heterocycles. The Morgan fingerprint density at radius 1 is 0.962 bits per heavy atom. The van der Waals surface area contributed by atoms with Gasteiger partial charge >= 0.3 is 0 Å². The molecule has 0 amide bonds. The first-order valence-corrected chi connectivity index (χ1v) is 8.53. The van der Waals surface area contributed by atoms with Gasteiger partial charge in [-0.1, -0.05) is 42.5 Å². The number of halogens is 1. The standard InChI is InChI=1S/C20H28N4O.HI/c1-21-20(22-13-14-25-19-11-5-4-6-12-19)23-15-17-9-7-8-10-18(17)16-24(2)3;/h4-12H,13-16H2,1-3H3,(H2,21,22,23);1H. The van der Waals surface area contributed by atoms with E-state index in [4.69, 9.17) is 4.74 Å². The fourth-order valence-electron chi connectivity index (χ4n) is 2.48. The second-order valence-corrected chi connectivity index (χ2v) is 6.02. The molecule has 5 nitrogen and oxygen atoms in total. The molecule has 0 aliphatic carbocycles. The number of benzene rings is 2. The molecule has 2 aromatic carbocycles. The van der Waals surface area contributed by atoms with Crippen molar-refractivity contribution >= 4 is 29.9 Å². The van der Waals surface area contributed by atoms with Crippen molar-refractivity contribution in [3.8, 4) is 5.75 Å². The predicted octanol–water partition coefficient (Wildman–Crippen LogP) is 3.11. The molecule has 0 unspecified atom stereocenters. The second-order valence-electron chi connectivity index (χ2n) is 6.02. The molecule has 2 aromatic rings. The minimum atomic E-state index is 0. The average molecular weight is 468 g/mol. The maximum absolute atomic E-state index is 5.68. The number of aliphatic imine (C=N–C) groups is 1. The maximum Gasteiger partial charge on any atom is 0.191 e. The van der Waals surface area contributed by atoms with Gasteiger partial charge < -0.3 is 20.3 Å². The highest BCUT2D eigenvalue weighted by atomic mass is 127. The zero-order valence-electron chi connectivity index (χ0n) is 15.7. The van der Waals surface area contributed by atoms with Crippen LogP contribution in [0, 0.1) is 0 Å². The number of rotatable bonds is 8. The molecule has 0 aliphatic heterocycles. The van der Waals surface area contributed by atoms with Crippen LogP contribution in [0.2, 0.25) is 0 Å². The zero-order chi connectivity index (χ0) is 17.9. The van der Waals surface area contributed by atoms with Gasteiger partial charge in [0, 0.05) is 20.1 Å². The SMILES string of the molecule is CN=C(NCCOc1ccccc1)NCc1ccccc1CN(C)C.I. The molecule has 0 radical (unpaired) electrons. The lowest BCUT2D eigenvalue weighted by Crippen LogP contribution is -2.39. The lowest BCUT2D eigenvalue weighted by Gasteiger charge is -2.16. The van der Waals surface area contributed by atoms with Gasteiger partial charge in [-0.2, -0.15) is 0 Å². The smallest absolute Gasteiger partial charge is 0.191 e. The molecule has 6 heteroatoms. The van der Waals surface area contributed by atoms with Crippen LogP contribution in [0.25, 0.3) is 0 Å². The van der Waals surface area contributed by atoms with Crippen molar-refractivity contribution in [2.24, 2.45) is 4.99 Å². The molecule has 0 fully saturated rings. The Bertz CT molecular complexity index is 662. The Kier molecular flexibility index (Phi) is 10.7. The predicted molar refractivity (Wildman–Crippen MR) is 119 cm³/mol. The van der Waals surface area contributed by atoms with E-state index in [2.05, 4.69) is 58.9 Å². The van der Waals surface area contributed by atoms with E-state index in [1.54, 1.807) is 7.05 Å². The number of nitrogens with one attached hydrogen (secondary N) is 2. The van der Waals surface area contributed by atoms with Crippen LogP contribution in [-0.2, 0) is 13.1 Å². The van der Waals surface area contributed by atoms with E-state index < -0.39 is 0 Å². The third kappa shape index (κ3) is 8.05. The summed E-state index contributed by atoms with van der Waals surface area (Å²) in [6.07, 6.45) is 0. The van der Waals surface area contributed by atoms with Crippen LogP contribution >= 0.6 is 24.0 Å². The highest BCUT2D eigenvalue weighted by molar-refractivity contribution is 14.0. The van der Waals surface area contributed by atoms with Gasteiger partial charge in [0.05, 0.1) is 6.54 Å². The van der Waals surface area contributed by atoms with Crippen molar-refractivity contribution in [1.29, 1.82) is 0 Å². The van der Waals surface area contributed by atoms with E-state index in [1.807, 2.05) is 30.3 Å². The van der Waals surface area contributed by atoms with E-state index in [1.165, 1.54) is 11.1 Å². The Morgan fingerprint density at radius 3 is 2.27 bits per heavy atom. The van der Waals surface area contributed by atoms with Crippen LogP contribution < -0.4 is 15.4 Å². The fourth-order valence-corrected chi connectivity index (χ4v) is 2.48. The van der Waals surface area contributed by atoms with E-state index in [9.17, 15) is 0 Å². The third-order valence-corrected chi connectivity index (χ3v) is 3.68. The average Bonchev–Trinajstić information content (AvgIpc) is 2.62. The van der Waals surface area contributed by atoms with Crippen molar-refractivity contribution in [2.75, 3.05) is 34.3 Å². The molecule has 0 spiro atoms. The summed E-state index contributed by atoms with van der Waals surface area (Å²) in [5.41, 5.74) is 2.60. The van der Waals surface area contributed by atoms with Gasteiger partial charge in [-0.15, -0.1) is 24.0 Å². The molecule has 26 heavy (non-hydrogen) atoms. The van der Waals surface area contributed by atoms with Crippen molar-refractivity contribution < 1.29 is 4.74 Å². The van der Waals surface area contributed by atoms with Crippen LogP contribution in [0.15, 0.2) is 59.6 Å². The summed E-state index contributed by atoms with van der Waals surface area (Å²) < 4.78 is 5.68. The van der Waals surface area contributed by atoms with Gasteiger partial charge in [-0.05, 0) is 37.4 Å². The number of para-hydroxylation sites is 1. The Balaban J connectivity index is 0.00000338. The molecule has 0 saturated carbocycles. The van der Waals surface area contributed by atoms with Gasteiger partial charge in [-0.25, -0.2) is 0 Å². The Labute approximate surface area is 173 Å². The molecule has 0 bridgehead atoms. The van der Waals surface area contributed by atoms with Crippen LogP contribution in [0.4, 0.5) is 0 Å². The number of ether oxygens (including phenoxy) is 1. The Morgan fingerprint density at radius 2 is 1.62 bits per heavy atom. The second kappa shape index (κ2) is 12.5. The van der Waals surface area contributed by atoms with Crippen LogP contribution in [0.5, 0.6) is 5.75 Å². The van der Waals surface area contributed by atoms with Crippen LogP contribution in [0.3, 0.4) is 0 Å². The first-order chi connectivity index (χ1) is 12.2. The van der Waals surface area contributed by atoms with Crippen molar-refractivity contribution in [2.45, 2.75) is 13.1 Å². The minimum Gasteiger partial charge on any atom is -0.492 e. The zero-order valence-corrected chi connectivity index (χ0v) is 18.1. The fraction of sp³-hybridized carbons (Fsp3) is 0.350. The van der Waals surface area contributed by atoms with E-state index in [0.29, 0.717) is 13.2 Å². The van der Waals surface area contributed by atoms with Gasteiger partial charge in [0.2, 0.25) is 0 Å². The van der Waals surface area contributed by atoms with E-state index >= 15 is 0 Å².